The van der Waals surface area contributed by atoms with Crippen LogP contribution in [-0.2, 0) is 25.9 Å². The number of aromatic hydroxyl groups is 1. The molecule has 9 nitrogen and oxygen atoms in total. The number of nitrogens with two attached hydrogens (primary N) is 2. The fraction of sp³-hybridized carbons (Fsp3) is 0.478. The van der Waals surface area contributed by atoms with Gasteiger partial charge in [0.25, 0.3) is 0 Å². The molecule has 0 fully saturated rings. The van der Waals surface area contributed by atoms with E-state index in [1.807, 2.05) is 0 Å². The summed E-state index contributed by atoms with van der Waals surface area (Å²) in [5, 5.41) is 18.6. The number of benzene rings is 2. The second-order valence-corrected chi connectivity index (χ2v) is 9.37. The molecule has 0 saturated heterocycles. The number of rotatable bonds is 14. The molecule has 184 valence electrons. The van der Waals surface area contributed by atoms with Crippen LogP contribution in [0.15, 0.2) is 36.4 Å². The monoisotopic (exact) mass is 480 g/mol. The molecule has 0 bridgehead atoms. The number of nitrogens with zero attached hydrogens (tertiary/aromatic N) is 1. The van der Waals surface area contributed by atoms with E-state index in [4.69, 9.17) is 20.3 Å². The van der Waals surface area contributed by atoms with Gasteiger partial charge in [-0.1, -0.05) is 43.7 Å². The Labute approximate surface area is 196 Å². The van der Waals surface area contributed by atoms with Crippen molar-refractivity contribution in [2.45, 2.75) is 31.6 Å². The van der Waals surface area contributed by atoms with Crippen molar-refractivity contribution in [3.8, 4) is 5.75 Å². The van der Waals surface area contributed by atoms with Crippen LogP contribution >= 0.6 is 0 Å². The van der Waals surface area contributed by atoms with Crippen molar-refractivity contribution in [1.82, 2.24) is 0 Å². The predicted molar refractivity (Wildman–Crippen MR) is 133 cm³/mol. The Bertz CT molecular complexity index is 986. The van der Waals surface area contributed by atoms with Crippen LogP contribution in [0.5, 0.6) is 5.75 Å². The molecule has 2 aromatic carbocycles. The quantitative estimate of drug-likeness (QED) is 0.239. The van der Waals surface area contributed by atoms with E-state index >= 15 is 0 Å². The highest BCUT2D eigenvalue weighted by Crippen LogP contribution is 2.44. The molecule has 0 saturated carbocycles. The van der Waals surface area contributed by atoms with E-state index in [0.717, 1.165) is 12.8 Å². The topological polar surface area (TPSA) is 140 Å². The van der Waals surface area contributed by atoms with Crippen LogP contribution in [0, 0.1) is 0 Å². The van der Waals surface area contributed by atoms with E-state index in [-0.39, 0.29) is 24.6 Å². The van der Waals surface area contributed by atoms with Crippen molar-refractivity contribution >= 4 is 27.1 Å². The summed E-state index contributed by atoms with van der Waals surface area (Å²) >= 11 is 0. The largest absolute Gasteiger partial charge is 0.508 e. The number of nitrogens with one attached hydrogen (secondary N) is 1. The standard InChI is InChI=1S/C23H36N4O5S/c1-4-5-12-26-21-18(11-14-31-2)20(28)16-19(24)22(21)27(13-15-32-3)23(33(25,29)30)17-9-7-6-8-10-17/h6-10,16,23,26,28H,4-5,11-15,24H2,1-3H3,(H2,25,29,30). The van der Waals surface area contributed by atoms with Crippen molar-refractivity contribution in [3.63, 3.8) is 0 Å². The zero-order valence-electron chi connectivity index (χ0n) is 19.6. The Morgan fingerprint density at radius 2 is 1.82 bits per heavy atom. The minimum atomic E-state index is -4.09. The number of hydrogen-bond donors (Lipinski definition) is 4. The van der Waals surface area contributed by atoms with Gasteiger partial charge in [0.15, 0.2) is 5.37 Å². The maximum absolute atomic E-state index is 12.9. The zero-order valence-corrected chi connectivity index (χ0v) is 20.4. The number of primary sulfonamides is 1. The van der Waals surface area contributed by atoms with Crippen molar-refractivity contribution in [3.05, 3.63) is 47.5 Å². The number of phenolic OH excluding ortho intramolecular Hbond substituents is 1. The Hall–Kier alpha value is -2.53. The first-order chi connectivity index (χ1) is 15.8. The Morgan fingerprint density at radius 3 is 2.39 bits per heavy atom. The lowest BCUT2D eigenvalue weighted by Gasteiger charge is -2.35. The molecule has 33 heavy (non-hydrogen) atoms. The van der Waals surface area contributed by atoms with Gasteiger partial charge in [0.2, 0.25) is 10.0 Å². The molecule has 0 heterocycles. The highest BCUT2D eigenvalue weighted by Gasteiger charge is 2.34. The van der Waals surface area contributed by atoms with E-state index in [0.29, 0.717) is 42.1 Å². The molecule has 6 N–H and O–H groups in total. The third-order valence-corrected chi connectivity index (χ3v) is 6.45. The molecular weight excluding hydrogens is 444 g/mol. The molecule has 1 unspecified atom stereocenters. The summed E-state index contributed by atoms with van der Waals surface area (Å²) in [4.78, 5) is 1.63. The molecule has 0 radical (unpaired) electrons. The first-order valence-corrected chi connectivity index (χ1v) is 12.6. The Morgan fingerprint density at radius 1 is 1.15 bits per heavy atom. The normalized spacial score (nSPS) is 12.5. The number of phenols is 1. The summed E-state index contributed by atoms with van der Waals surface area (Å²) in [7, 11) is -0.975. The van der Waals surface area contributed by atoms with Gasteiger partial charge in [-0.15, -0.1) is 0 Å². The molecule has 0 spiro atoms. The highest BCUT2D eigenvalue weighted by atomic mass is 32.2. The Kier molecular flexibility index (Phi) is 10.2. The van der Waals surface area contributed by atoms with Crippen LogP contribution in [0.1, 0.15) is 36.3 Å². The third-order valence-electron chi connectivity index (χ3n) is 5.30. The van der Waals surface area contributed by atoms with E-state index in [1.165, 1.54) is 13.2 Å². The molecule has 0 aliphatic carbocycles. The molecule has 0 amide bonds. The van der Waals surface area contributed by atoms with E-state index in [1.54, 1.807) is 42.3 Å². The van der Waals surface area contributed by atoms with Gasteiger partial charge >= 0.3 is 0 Å². The Balaban J connectivity index is 2.78. The first kappa shape index (κ1) is 26.7. The SMILES string of the molecule is CCCCNc1c(CCOC)c(O)cc(N)c1N(CCOC)C(c1ccccc1)S(N)(=O)=O. The van der Waals surface area contributed by atoms with Crippen LogP contribution in [0.3, 0.4) is 0 Å². The molecule has 0 aliphatic rings. The fourth-order valence-corrected chi connectivity index (χ4v) is 4.87. The van der Waals surface area contributed by atoms with Gasteiger partial charge in [-0.25, -0.2) is 13.6 Å². The average Bonchev–Trinajstić information content (AvgIpc) is 2.76. The number of sulfonamides is 1. The third kappa shape index (κ3) is 6.97. The molecular formula is C23H36N4O5S. The highest BCUT2D eigenvalue weighted by molar-refractivity contribution is 7.89. The van der Waals surface area contributed by atoms with E-state index in [2.05, 4.69) is 12.2 Å². The van der Waals surface area contributed by atoms with Gasteiger partial charge in [0, 0.05) is 45.4 Å². The van der Waals surface area contributed by atoms with Crippen LogP contribution in [0.25, 0.3) is 0 Å². The maximum Gasteiger partial charge on any atom is 0.234 e. The van der Waals surface area contributed by atoms with E-state index < -0.39 is 15.4 Å². The fourth-order valence-electron chi connectivity index (χ4n) is 3.77. The summed E-state index contributed by atoms with van der Waals surface area (Å²) in [5.41, 5.74) is 8.76. The van der Waals surface area contributed by atoms with Gasteiger partial charge in [-0.05, 0) is 12.0 Å². The molecule has 0 aromatic heterocycles. The van der Waals surface area contributed by atoms with Crippen LogP contribution in [0.2, 0.25) is 0 Å². The summed E-state index contributed by atoms with van der Waals surface area (Å²) in [5.74, 6) is 0.0193. The van der Waals surface area contributed by atoms with Gasteiger partial charge in [0.05, 0.1) is 30.3 Å². The van der Waals surface area contributed by atoms with Crippen molar-refractivity contribution in [2.75, 3.05) is 56.5 Å². The molecule has 1 atom stereocenters. The van der Waals surface area contributed by atoms with Gasteiger partial charge < -0.3 is 30.5 Å². The summed E-state index contributed by atoms with van der Waals surface area (Å²) in [6.07, 6.45) is 2.25. The first-order valence-electron chi connectivity index (χ1n) is 10.9. The van der Waals surface area contributed by atoms with Crippen molar-refractivity contribution < 1.29 is 23.0 Å². The lowest BCUT2D eigenvalue weighted by atomic mass is 10.0. The molecule has 0 aliphatic heterocycles. The average molecular weight is 481 g/mol. The van der Waals surface area contributed by atoms with Gasteiger partial charge in [0.1, 0.15) is 5.75 Å². The number of ether oxygens (including phenoxy) is 2. The number of unbranched alkanes of at least 4 members (excludes halogenated alkanes) is 1. The lowest BCUT2D eigenvalue weighted by molar-refractivity contribution is 0.201. The van der Waals surface area contributed by atoms with Crippen molar-refractivity contribution in [2.24, 2.45) is 5.14 Å². The van der Waals surface area contributed by atoms with Gasteiger partial charge in [-0.2, -0.15) is 0 Å². The molecule has 2 rings (SSSR count). The summed E-state index contributed by atoms with van der Waals surface area (Å²) < 4.78 is 36.3. The maximum atomic E-state index is 12.9. The number of nitrogen functional groups attached to an aromatic ring is 1. The molecule has 2 aromatic rings. The zero-order chi connectivity index (χ0) is 24.4. The number of anilines is 3. The second-order valence-electron chi connectivity index (χ2n) is 7.75. The minimum Gasteiger partial charge on any atom is -0.508 e. The minimum absolute atomic E-state index is 0.0193. The second kappa shape index (κ2) is 12.6. The number of methoxy groups -OCH3 is 2. The van der Waals surface area contributed by atoms with Crippen LogP contribution in [0.4, 0.5) is 17.1 Å². The summed E-state index contributed by atoms with van der Waals surface area (Å²) in [6, 6.07) is 10.2. The van der Waals surface area contributed by atoms with Crippen molar-refractivity contribution in [1.29, 1.82) is 0 Å². The lowest BCUT2D eigenvalue weighted by Crippen LogP contribution is -2.40. The smallest absolute Gasteiger partial charge is 0.234 e. The van der Waals surface area contributed by atoms with Crippen LogP contribution in [-0.4, -0.2) is 54.0 Å². The van der Waals surface area contributed by atoms with E-state index in [9.17, 15) is 13.5 Å². The van der Waals surface area contributed by atoms with Crippen LogP contribution < -0.4 is 21.1 Å². The summed E-state index contributed by atoms with van der Waals surface area (Å²) in [6.45, 7) is 3.50. The predicted octanol–water partition coefficient (Wildman–Crippen LogP) is 2.82. The van der Waals surface area contributed by atoms with Gasteiger partial charge in [-0.3, -0.25) is 0 Å². The molecule has 10 heteroatoms. The number of hydrogen-bond acceptors (Lipinski definition) is 8.